The molecule has 0 saturated carbocycles. The molecule has 0 aliphatic rings. The van der Waals surface area contributed by atoms with Gasteiger partial charge in [-0.3, -0.25) is 0 Å². The molecule has 0 spiro atoms. The molecule has 3 N–H and O–H groups in total. The first-order valence-electron chi connectivity index (χ1n) is 4.39. The zero-order chi connectivity index (χ0) is 10.1. The van der Waals surface area contributed by atoms with Gasteiger partial charge in [-0.25, -0.2) is 4.79 Å². The molecule has 0 aromatic carbocycles. The number of amides is 1. The number of carbonyl (C=O) groups excluding carboxylic acids is 1. The summed E-state index contributed by atoms with van der Waals surface area (Å²) in [4.78, 5) is 10.9. The van der Waals surface area contributed by atoms with Crippen LogP contribution < -0.4 is 5.32 Å². The largest absolute Gasteiger partial charge is 0.447 e. The molecule has 0 saturated heterocycles. The SMILES string of the molecule is CCC(CCO)NC(=O)OCCO. The molecule has 1 unspecified atom stereocenters. The Hall–Kier alpha value is -0.810. The van der Waals surface area contributed by atoms with Gasteiger partial charge in [-0.1, -0.05) is 6.92 Å². The molecule has 5 nitrogen and oxygen atoms in total. The summed E-state index contributed by atoms with van der Waals surface area (Å²) in [6.07, 6.45) is 0.717. The third kappa shape index (κ3) is 6.36. The summed E-state index contributed by atoms with van der Waals surface area (Å²) in [5.74, 6) is 0. The van der Waals surface area contributed by atoms with E-state index in [0.717, 1.165) is 6.42 Å². The summed E-state index contributed by atoms with van der Waals surface area (Å²) in [6, 6.07) is -0.0591. The highest BCUT2D eigenvalue weighted by atomic mass is 16.6. The maximum Gasteiger partial charge on any atom is 0.407 e. The number of aliphatic hydroxyl groups is 2. The standard InChI is InChI=1S/C8H17NO4/c1-2-7(3-4-10)9-8(12)13-6-5-11/h7,10-11H,2-6H2,1H3,(H,9,12). The molecule has 0 aromatic rings. The highest BCUT2D eigenvalue weighted by Crippen LogP contribution is 1.96. The average molecular weight is 191 g/mol. The number of hydrogen-bond donors (Lipinski definition) is 3. The molecule has 0 heterocycles. The quantitative estimate of drug-likeness (QED) is 0.546. The Morgan fingerprint density at radius 1 is 1.46 bits per heavy atom. The Morgan fingerprint density at radius 2 is 2.15 bits per heavy atom. The van der Waals surface area contributed by atoms with Crippen molar-refractivity contribution in [2.45, 2.75) is 25.8 Å². The van der Waals surface area contributed by atoms with Crippen molar-refractivity contribution in [3.05, 3.63) is 0 Å². The molecule has 0 bridgehead atoms. The Bertz CT molecular complexity index is 140. The number of alkyl carbamates (subject to hydrolysis) is 1. The van der Waals surface area contributed by atoms with E-state index in [9.17, 15) is 4.79 Å². The van der Waals surface area contributed by atoms with Gasteiger partial charge < -0.3 is 20.3 Å². The van der Waals surface area contributed by atoms with Crippen molar-refractivity contribution in [1.29, 1.82) is 0 Å². The fraction of sp³-hybridized carbons (Fsp3) is 0.875. The second kappa shape index (κ2) is 7.82. The molecule has 1 amide bonds. The van der Waals surface area contributed by atoms with Crippen molar-refractivity contribution in [3.63, 3.8) is 0 Å². The highest BCUT2D eigenvalue weighted by Gasteiger charge is 2.09. The third-order valence-electron chi connectivity index (χ3n) is 1.62. The van der Waals surface area contributed by atoms with Crippen molar-refractivity contribution in [2.75, 3.05) is 19.8 Å². The van der Waals surface area contributed by atoms with Crippen LogP contribution in [0.5, 0.6) is 0 Å². The highest BCUT2D eigenvalue weighted by molar-refractivity contribution is 5.67. The van der Waals surface area contributed by atoms with Crippen molar-refractivity contribution in [2.24, 2.45) is 0 Å². The van der Waals surface area contributed by atoms with Crippen molar-refractivity contribution in [3.8, 4) is 0 Å². The Balaban J connectivity index is 3.60. The zero-order valence-electron chi connectivity index (χ0n) is 7.82. The summed E-state index contributed by atoms with van der Waals surface area (Å²) >= 11 is 0. The molecular formula is C8H17NO4. The van der Waals surface area contributed by atoms with E-state index in [0.29, 0.717) is 6.42 Å². The Labute approximate surface area is 77.7 Å². The lowest BCUT2D eigenvalue weighted by molar-refractivity contribution is 0.114. The van der Waals surface area contributed by atoms with Gasteiger partial charge in [-0.15, -0.1) is 0 Å². The number of carbonyl (C=O) groups is 1. The molecule has 0 radical (unpaired) electrons. The van der Waals surface area contributed by atoms with Crippen LogP contribution in [0.3, 0.4) is 0 Å². The van der Waals surface area contributed by atoms with Gasteiger partial charge in [-0.05, 0) is 12.8 Å². The fourth-order valence-electron chi connectivity index (χ4n) is 0.881. The third-order valence-corrected chi connectivity index (χ3v) is 1.62. The molecule has 0 aliphatic carbocycles. The molecule has 13 heavy (non-hydrogen) atoms. The average Bonchev–Trinajstić information content (AvgIpc) is 2.14. The molecule has 5 heteroatoms. The number of hydrogen-bond acceptors (Lipinski definition) is 4. The van der Waals surface area contributed by atoms with Crippen LogP contribution in [0.25, 0.3) is 0 Å². The molecule has 0 aliphatic heterocycles. The second-order valence-electron chi connectivity index (χ2n) is 2.62. The monoisotopic (exact) mass is 191 g/mol. The van der Waals surface area contributed by atoms with E-state index in [1.807, 2.05) is 6.92 Å². The van der Waals surface area contributed by atoms with Crippen LogP contribution in [-0.4, -0.2) is 42.2 Å². The lowest BCUT2D eigenvalue weighted by Gasteiger charge is -2.14. The normalized spacial score (nSPS) is 12.2. The maximum absolute atomic E-state index is 10.9. The summed E-state index contributed by atoms with van der Waals surface area (Å²) in [5.41, 5.74) is 0. The van der Waals surface area contributed by atoms with Gasteiger partial charge in [0.25, 0.3) is 0 Å². The summed E-state index contributed by atoms with van der Waals surface area (Å²) in [6.45, 7) is 1.77. The van der Waals surface area contributed by atoms with Crippen molar-refractivity contribution < 1.29 is 19.7 Å². The van der Waals surface area contributed by atoms with E-state index >= 15 is 0 Å². The second-order valence-corrected chi connectivity index (χ2v) is 2.62. The zero-order valence-corrected chi connectivity index (χ0v) is 7.82. The van der Waals surface area contributed by atoms with Crippen LogP contribution in [0, 0.1) is 0 Å². The fourth-order valence-corrected chi connectivity index (χ4v) is 0.881. The minimum atomic E-state index is -0.547. The van der Waals surface area contributed by atoms with Crippen molar-refractivity contribution >= 4 is 6.09 Å². The first-order chi connectivity index (χ1) is 6.24. The van der Waals surface area contributed by atoms with Crippen molar-refractivity contribution in [1.82, 2.24) is 5.32 Å². The number of aliphatic hydroxyl groups excluding tert-OH is 2. The molecule has 78 valence electrons. The van der Waals surface area contributed by atoms with E-state index in [2.05, 4.69) is 10.1 Å². The predicted molar refractivity (Wildman–Crippen MR) is 47.4 cm³/mol. The summed E-state index contributed by atoms with van der Waals surface area (Å²) in [7, 11) is 0. The van der Waals surface area contributed by atoms with Gasteiger partial charge in [0, 0.05) is 12.6 Å². The maximum atomic E-state index is 10.9. The van der Waals surface area contributed by atoms with Crippen LogP contribution in [-0.2, 0) is 4.74 Å². The van der Waals surface area contributed by atoms with Crippen LogP contribution >= 0.6 is 0 Å². The lowest BCUT2D eigenvalue weighted by Crippen LogP contribution is -2.35. The minimum Gasteiger partial charge on any atom is -0.447 e. The Kier molecular flexibility index (Phi) is 7.33. The minimum absolute atomic E-state index is 0.00138. The lowest BCUT2D eigenvalue weighted by atomic mass is 10.2. The van der Waals surface area contributed by atoms with Gasteiger partial charge in [0.2, 0.25) is 0 Å². The van der Waals surface area contributed by atoms with Crippen LogP contribution in [0.15, 0.2) is 0 Å². The topological polar surface area (TPSA) is 78.8 Å². The van der Waals surface area contributed by atoms with Gasteiger partial charge >= 0.3 is 6.09 Å². The smallest absolute Gasteiger partial charge is 0.407 e. The molecular weight excluding hydrogens is 174 g/mol. The predicted octanol–water partition coefficient (Wildman–Crippen LogP) is -0.134. The number of ether oxygens (including phenoxy) is 1. The number of nitrogens with one attached hydrogen (secondary N) is 1. The van der Waals surface area contributed by atoms with Crippen LogP contribution in [0.2, 0.25) is 0 Å². The first kappa shape index (κ1) is 12.2. The van der Waals surface area contributed by atoms with E-state index in [1.165, 1.54) is 0 Å². The first-order valence-corrected chi connectivity index (χ1v) is 4.39. The van der Waals surface area contributed by atoms with E-state index in [-0.39, 0.29) is 25.9 Å². The molecule has 1 atom stereocenters. The summed E-state index contributed by atoms with van der Waals surface area (Å²) in [5, 5.41) is 19.6. The molecule has 0 aromatic heterocycles. The van der Waals surface area contributed by atoms with Gasteiger partial charge in [0.05, 0.1) is 6.61 Å². The van der Waals surface area contributed by atoms with Gasteiger partial charge in [0.15, 0.2) is 0 Å². The number of rotatable bonds is 6. The van der Waals surface area contributed by atoms with Crippen LogP contribution in [0.1, 0.15) is 19.8 Å². The molecule has 0 fully saturated rings. The van der Waals surface area contributed by atoms with E-state index < -0.39 is 6.09 Å². The van der Waals surface area contributed by atoms with E-state index in [4.69, 9.17) is 10.2 Å². The van der Waals surface area contributed by atoms with Crippen LogP contribution in [0.4, 0.5) is 4.79 Å². The van der Waals surface area contributed by atoms with Gasteiger partial charge in [-0.2, -0.15) is 0 Å². The van der Waals surface area contributed by atoms with E-state index in [1.54, 1.807) is 0 Å². The molecule has 0 rings (SSSR count). The van der Waals surface area contributed by atoms with Gasteiger partial charge in [0.1, 0.15) is 6.61 Å². The Morgan fingerprint density at radius 3 is 2.62 bits per heavy atom. The summed E-state index contributed by atoms with van der Waals surface area (Å²) < 4.78 is 4.59.